The maximum absolute atomic E-state index is 13.1. The van der Waals surface area contributed by atoms with Gasteiger partial charge in [0, 0.05) is 24.2 Å². The molecule has 2 aromatic rings. The first-order valence-electron chi connectivity index (χ1n) is 8.48. The van der Waals surface area contributed by atoms with Crippen LogP contribution in [0.1, 0.15) is 47.0 Å². The monoisotopic (exact) mass is 343 g/mol. The number of thiazole rings is 1. The summed E-state index contributed by atoms with van der Waals surface area (Å²) in [6.45, 7) is 3.49. The van der Waals surface area contributed by atoms with Crippen molar-refractivity contribution in [3.05, 3.63) is 45.9 Å². The van der Waals surface area contributed by atoms with Gasteiger partial charge < -0.3 is 15.0 Å². The molecule has 1 fully saturated rings. The summed E-state index contributed by atoms with van der Waals surface area (Å²) in [4.78, 5) is 19.7. The molecule has 0 saturated carbocycles. The standard InChI is InChI=1S/C18H21N3O2S/c1-2-16-19-15(11-24-16)17-20-14-8-4-3-7-13(14)18(22)21(17)10-12-6-5-9-23-12/h3-4,7-8,11-12,17,20H,2,5-6,9-10H2,1H3/t12-,17+/m0/s1. The van der Waals surface area contributed by atoms with Crippen molar-refractivity contribution < 1.29 is 9.53 Å². The van der Waals surface area contributed by atoms with Crippen molar-refractivity contribution in [2.24, 2.45) is 0 Å². The highest BCUT2D eigenvalue weighted by molar-refractivity contribution is 7.09. The number of hydrogen-bond donors (Lipinski definition) is 1. The molecule has 0 spiro atoms. The minimum Gasteiger partial charge on any atom is -0.376 e. The fourth-order valence-corrected chi connectivity index (χ4v) is 4.10. The number of fused-ring (bicyclic) bond motifs is 1. The van der Waals surface area contributed by atoms with Crippen molar-refractivity contribution >= 4 is 22.9 Å². The molecule has 2 atom stereocenters. The van der Waals surface area contributed by atoms with Crippen LogP contribution in [0.15, 0.2) is 29.6 Å². The number of anilines is 1. The number of nitrogens with one attached hydrogen (secondary N) is 1. The predicted octanol–water partition coefficient (Wildman–Crippen LogP) is 3.45. The number of aromatic nitrogens is 1. The second kappa shape index (κ2) is 6.53. The third-order valence-corrected chi connectivity index (χ3v) is 5.61. The van der Waals surface area contributed by atoms with Crippen molar-refractivity contribution in [1.29, 1.82) is 0 Å². The molecule has 2 aliphatic rings. The molecule has 1 saturated heterocycles. The average molecular weight is 343 g/mol. The maximum Gasteiger partial charge on any atom is 0.257 e. The zero-order valence-corrected chi connectivity index (χ0v) is 14.5. The summed E-state index contributed by atoms with van der Waals surface area (Å²) in [6, 6.07) is 7.68. The van der Waals surface area contributed by atoms with E-state index < -0.39 is 0 Å². The molecule has 4 rings (SSSR count). The molecule has 0 bridgehead atoms. The Labute approximate surface area is 145 Å². The van der Waals surface area contributed by atoms with E-state index in [2.05, 4.69) is 17.6 Å². The molecular formula is C18H21N3O2S. The number of para-hydroxylation sites is 1. The van der Waals surface area contributed by atoms with Crippen LogP contribution in [-0.4, -0.2) is 35.0 Å². The van der Waals surface area contributed by atoms with Crippen LogP contribution in [0.3, 0.4) is 0 Å². The Bertz CT molecular complexity index is 739. The van der Waals surface area contributed by atoms with E-state index in [-0.39, 0.29) is 18.2 Å². The van der Waals surface area contributed by atoms with Gasteiger partial charge in [-0.15, -0.1) is 11.3 Å². The molecule has 1 aromatic heterocycles. The molecule has 24 heavy (non-hydrogen) atoms. The Balaban J connectivity index is 1.69. The Morgan fingerprint density at radius 2 is 2.29 bits per heavy atom. The molecule has 1 N–H and O–H groups in total. The van der Waals surface area contributed by atoms with Crippen molar-refractivity contribution in [2.45, 2.75) is 38.5 Å². The van der Waals surface area contributed by atoms with Gasteiger partial charge in [0.1, 0.15) is 6.17 Å². The average Bonchev–Trinajstić information content (AvgIpc) is 3.29. The molecule has 0 aliphatic carbocycles. The van der Waals surface area contributed by atoms with E-state index >= 15 is 0 Å². The predicted molar refractivity (Wildman–Crippen MR) is 94.3 cm³/mol. The lowest BCUT2D eigenvalue weighted by Gasteiger charge is -2.38. The van der Waals surface area contributed by atoms with Crippen LogP contribution in [0.2, 0.25) is 0 Å². The summed E-state index contributed by atoms with van der Waals surface area (Å²) >= 11 is 1.65. The Morgan fingerprint density at radius 3 is 3.04 bits per heavy atom. The normalized spacial score (nSPS) is 23.2. The second-order valence-electron chi connectivity index (χ2n) is 6.20. The lowest BCUT2D eigenvalue weighted by molar-refractivity contribution is 0.0423. The van der Waals surface area contributed by atoms with Gasteiger partial charge in [-0.05, 0) is 31.4 Å². The highest BCUT2D eigenvalue weighted by Gasteiger charge is 2.36. The molecule has 126 valence electrons. The zero-order chi connectivity index (χ0) is 16.5. The first kappa shape index (κ1) is 15.6. The van der Waals surface area contributed by atoms with E-state index in [1.807, 2.05) is 29.2 Å². The Morgan fingerprint density at radius 1 is 1.42 bits per heavy atom. The number of nitrogens with zero attached hydrogens (tertiary/aromatic N) is 2. The number of rotatable bonds is 4. The Hall–Kier alpha value is -1.92. The number of aryl methyl sites for hydroxylation is 1. The first-order valence-corrected chi connectivity index (χ1v) is 9.36. The fraction of sp³-hybridized carbons (Fsp3) is 0.444. The quantitative estimate of drug-likeness (QED) is 0.924. The molecule has 5 nitrogen and oxygen atoms in total. The lowest BCUT2D eigenvalue weighted by atomic mass is 10.1. The van der Waals surface area contributed by atoms with Crippen LogP contribution in [0.25, 0.3) is 0 Å². The minimum absolute atomic E-state index is 0.0518. The number of benzene rings is 1. The van der Waals surface area contributed by atoms with E-state index in [4.69, 9.17) is 9.72 Å². The van der Waals surface area contributed by atoms with Gasteiger partial charge in [-0.3, -0.25) is 4.79 Å². The van der Waals surface area contributed by atoms with Crippen LogP contribution in [0.4, 0.5) is 5.69 Å². The summed E-state index contributed by atoms with van der Waals surface area (Å²) in [7, 11) is 0. The summed E-state index contributed by atoms with van der Waals surface area (Å²) in [5, 5.41) is 6.65. The van der Waals surface area contributed by atoms with E-state index in [1.165, 1.54) is 0 Å². The van der Waals surface area contributed by atoms with E-state index in [9.17, 15) is 4.79 Å². The maximum atomic E-state index is 13.1. The molecule has 1 aromatic carbocycles. The first-order chi connectivity index (χ1) is 11.8. The molecule has 3 heterocycles. The topological polar surface area (TPSA) is 54.5 Å². The van der Waals surface area contributed by atoms with Gasteiger partial charge in [-0.2, -0.15) is 0 Å². The van der Waals surface area contributed by atoms with Crippen LogP contribution in [0, 0.1) is 0 Å². The molecule has 0 radical (unpaired) electrons. The van der Waals surface area contributed by atoms with Crippen molar-refractivity contribution in [3.63, 3.8) is 0 Å². The second-order valence-corrected chi connectivity index (χ2v) is 7.15. The Kier molecular flexibility index (Phi) is 4.24. The van der Waals surface area contributed by atoms with E-state index in [0.717, 1.165) is 47.8 Å². The molecule has 2 aliphatic heterocycles. The molecular weight excluding hydrogens is 322 g/mol. The van der Waals surface area contributed by atoms with Gasteiger partial charge in [0.25, 0.3) is 5.91 Å². The number of carbonyl (C=O) groups excluding carboxylic acids is 1. The van der Waals surface area contributed by atoms with Gasteiger partial charge in [0.15, 0.2) is 0 Å². The van der Waals surface area contributed by atoms with Gasteiger partial charge in [-0.1, -0.05) is 19.1 Å². The number of amides is 1. The molecule has 1 amide bonds. The summed E-state index contributed by atoms with van der Waals surface area (Å²) in [5.74, 6) is 0.0518. The molecule has 0 unspecified atom stereocenters. The lowest BCUT2D eigenvalue weighted by Crippen LogP contribution is -2.46. The largest absolute Gasteiger partial charge is 0.376 e. The number of carbonyl (C=O) groups is 1. The van der Waals surface area contributed by atoms with Crippen LogP contribution in [0.5, 0.6) is 0 Å². The fourth-order valence-electron chi connectivity index (χ4n) is 3.34. The van der Waals surface area contributed by atoms with Crippen LogP contribution < -0.4 is 5.32 Å². The van der Waals surface area contributed by atoms with Crippen molar-refractivity contribution in [3.8, 4) is 0 Å². The van der Waals surface area contributed by atoms with Crippen LogP contribution >= 0.6 is 11.3 Å². The minimum atomic E-state index is -0.229. The highest BCUT2D eigenvalue weighted by Crippen LogP contribution is 2.34. The van der Waals surface area contributed by atoms with Gasteiger partial charge in [0.2, 0.25) is 0 Å². The summed E-state index contributed by atoms with van der Waals surface area (Å²) < 4.78 is 5.76. The van der Waals surface area contributed by atoms with Gasteiger partial charge in [-0.25, -0.2) is 4.98 Å². The van der Waals surface area contributed by atoms with Crippen molar-refractivity contribution in [2.75, 3.05) is 18.5 Å². The number of hydrogen-bond acceptors (Lipinski definition) is 5. The van der Waals surface area contributed by atoms with Gasteiger partial charge >= 0.3 is 0 Å². The third kappa shape index (κ3) is 2.80. The summed E-state index contributed by atoms with van der Waals surface area (Å²) in [6.07, 6.45) is 2.88. The SMILES string of the molecule is CCc1nc([C@@H]2Nc3ccccc3C(=O)N2C[C@@H]2CCCO2)cs1. The number of ether oxygens (including phenoxy) is 1. The zero-order valence-electron chi connectivity index (χ0n) is 13.7. The molecule has 6 heteroatoms. The smallest absolute Gasteiger partial charge is 0.257 e. The third-order valence-electron chi connectivity index (χ3n) is 4.60. The highest BCUT2D eigenvalue weighted by atomic mass is 32.1. The van der Waals surface area contributed by atoms with Crippen molar-refractivity contribution in [1.82, 2.24) is 9.88 Å². The summed E-state index contributed by atoms with van der Waals surface area (Å²) in [5.41, 5.74) is 2.51. The van der Waals surface area contributed by atoms with Gasteiger partial charge in [0.05, 0.1) is 22.4 Å². The van der Waals surface area contributed by atoms with E-state index in [1.54, 1.807) is 11.3 Å². The van der Waals surface area contributed by atoms with E-state index in [0.29, 0.717) is 6.54 Å². The van der Waals surface area contributed by atoms with Crippen LogP contribution in [-0.2, 0) is 11.2 Å².